The molecular weight excluding hydrogens is 244 g/mol. The summed E-state index contributed by atoms with van der Waals surface area (Å²) in [7, 11) is 0. The van der Waals surface area contributed by atoms with E-state index in [4.69, 9.17) is 0 Å². The van der Waals surface area contributed by atoms with Crippen LogP contribution in [0.25, 0.3) is 10.8 Å². The van der Waals surface area contributed by atoms with Gasteiger partial charge in [0.05, 0.1) is 0 Å². The number of hydrogen-bond donors (Lipinski definition) is 0. The fourth-order valence-corrected chi connectivity index (χ4v) is 3.33. The minimum atomic E-state index is -0.0163. The molecule has 1 aliphatic carbocycles. The van der Waals surface area contributed by atoms with Gasteiger partial charge in [-0.2, -0.15) is 0 Å². The maximum Gasteiger partial charge on any atom is 0.127 e. The second-order valence-electron chi connectivity index (χ2n) is 6.13. The van der Waals surface area contributed by atoms with E-state index in [0.29, 0.717) is 0 Å². The Kier molecular flexibility index (Phi) is 3.86. The average molecular weight is 266 g/mol. The van der Waals surface area contributed by atoms with Gasteiger partial charge in [0.25, 0.3) is 0 Å². The standard InChI is InChI=1S/C19H22O/c1-14(13-20)16-7-8-19-12-17(9-10-18(19)11-16)15-5-3-2-4-6-15/h7-15H,2-6H2,1H3. The van der Waals surface area contributed by atoms with E-state index < -0.39 is 0 Å². The van der Waals surface area contributed by atoms with Crippen molar-refractivity contribution in [1.29, 1.82) is 0 Å². The number of carbonyl (C=O) groups is 1. The molecule has 0 amide bonds. The Balaban J connectivity index is 1.93. The first-order valence-corrected chi connectivity index (χ1v) is 7.77. The predicted molar refractivity (Wildman–Crippen MR) is 84.3 cm³/mol. The van der Waals surface area contributed by atoms with E-state index in [0.717, 1.165) is 17.8 Å². The topological polar surface area (TPSA) is 17.1 Å². The average Bonchev–Trinajstić information content (AvgIpc) is 2.54. The summed E-state index contributed by atoms with van der Waals surface area (Å²) in [6, 6.07) is 13.3. The van der Waals surface area contributed by atoms with Gasteiger partial charge in [-0.3, -0.25) is 0 Å². The number of fused-ring (bicyclic) bond motifs is 1. The molecule has 20 heavy (non-hydrogen) atoms. The molecule has 1 nitrogen and oxygen atoms in total. The lowest BCUT2D eigenvalue weighted by atomic mass is 9.83. The zero-order valence-electron chi connectivity index (χ0n) is 12.1. The molecular formula is C19H22O. The third kappa shape index (κ3) is 2.63. The smallest absolute Gasteiger partial charge is 0.127 e. The summed E-state index contributed by atoms with van der Waals surface area (Å²) in [5.41, 5.74) is 2.60. The maximum absolute atomic E-state index is 10.9. The first-order valence-electron chi connectivity index (χ1n) is 7.77. The molecule has 1 fully saturated rings. The molecule has 0 heterocycles. The molecule has 2 aromatic rings. The van der Waals surface area contributed by atoms with Crippen LogP contribution in [-0.4, -0.2) is 6.29 Å². The van der Waals surface area contributed by atoms with Crippen molar-refractivity contribution < 1.29 is 4.79 Å². The molecule has 3 rings (SSSR count). The summed E-state index contributed by atoms with van der Waals surface area (Å²) in [5.74, 6) is 0.735. The molecule has 1 atom stereocenters. The van der Waals surface area contributed by atoms with Crippen LogP contribution in [0.3, 0.4) is 0 Å². The Labute approximate surface area is 121 Å². The predicted octanol–water partition coefficient (Wildman–Crippen LogP) is 5.19. The van der Waals surface area contributed by atoms with Gasteiger partial charge in [0.2, 0.25) is 0 Å². The summed E-state index contributed by atoms with van der Waals surface area (Å²) in [4.78, 5) is 10.9. The zero-order chi connectivity index (χ0) is 13.9. The van der Waals surface area contributed by atoms with Crippen molar-refractivity contribution in [2.24, 2.45) is 0 Å². The molecule has 0 spiro atoms. The Morgan fingerprint density at radius 3 is 2.45 bits per heavy atom. The Hall–Kier alpha value is -1.63. The van der Waals surface area contributed by atoms with Gasteiger partial charge >= 0.3 is 0 Å². The van der Waals surface area contributed by atoms with Crippen molar-refractivity contribution in [3.63, 3.8) is 0 Å². The van der Waals surface area contributed by atoms with Crippen molar-refractivity contribution in [1.82, 2.24) is 0 Å². The molecule has 1 unspecified atom stereocenters. The van der Waals surface area contributed by atoms with Crippen molar-refractivity contribution in [2.45, 2.75) is 50.9 Å². The lowest BCUT2D eigenvalue weighted by molar-refractivity contribution is -0.108. The summed E-state index contributed by atoms with van der Waals surface area (Å²) >= 11 is 0. The van der Waals surface area contributed by atoms with Crippen LogP contribution in [-0.2, 0) is 4.79 Å². The molecule has 1 heteroatoms. The van der Waals surface area contributed by atoms with Crippen molar-refractivity contribution in [3.8, 4) is 0 Å². The SMILES string of the molecule is CC(C=O)c1ccc2cc(C3CCCCC3)ccc2c1. The van der Waals surface area contributed by atoms with Gasteiger partial charge in [0.1, 0.15) is 6.29 Å². The van der Waals surface area contributed by atoms with Gasteiger partial charge in [0.15, 0.2) is 0 Å². The summed E-state index contributed by atoms with van der Waals surface area (Å²) < 4.78 is 0. The number of rotatable bonds is 3. The van der Waals surface area contributed by atoms with Crippen LogP contribution in [0, 0.1) is 0 Å². The molecule has 0 saturated heterocycles. The highest BCUT2D eigenvalue weighted by molar-refractivity contribution is 5.84. The largest absolute Gasteiger partial charge is 0.303 e. The molecule has 0 bridgehead atoms. The van der Waals surface area contributed by atoms with Crippen molar-refractivity contribution in [3.05, 3.63) is 47.5 Å². The van der Waals surface area contributed by atoms with Gasteiger partial charge in [-0.1, -0.05) is 62.6 Å². The van der Waals surface area contributed by atoms with Gasteiger partial charge in [-0.05, 0) is 40.7 Å². The zero-order valence-corrected chi connectivity index (χ0v) is 12.1. The highest BCUT2D eigenvalue weighted by Crippen LogP contribution is 2.34. The van der Waals surface area contributed by atoms with Crippen LogP contribution in [0.5, 0.6) is 0 Å². The van der Waals surface area contributed by atoms with E-state index in [2.05, 4.69) is 36.4 Å². The minimum absolute atomic E-state index is 0.0163. The minimum Gasteiger partial charge on any atom is -0.303 e. The first-order chi connectivity index (χ1) is 9.78. The fourth-order valence-electron chi connectivity index (χ4n) is 3.33. The van der Waals surface area contributed by atoms with Gasteiger partial charge in [-0.15, -0.1) is 0 Å². The number of aldehydes is 1. The Morgan fingerprint density at radius 1 is 1.00 bits per heavy atom. The van der Waals surface area contributed by atoms with Crippen LogP contribution in [0.1, 0.15) is 62.0 Å². The van der Waals surface area contributed by atoms with Gasteiger partial charge in [-0.25, -0.2) is 0 Å². The van der Waals surface area contributed by atoms with Crippen molar-refractivity contribution >= 4 is 17.1 Å². The Morgan fingerprint density at radius 2 is 1.70 bits per heavy atom. The fraction of sp³-hybridized carbons (Fsp3) is 0.421. The van der Waals surface area contributed by atoms with E-state index in [9.17, 15) is 4.79 Å². The number of carbonyl (C=O) groups excluding carboxylic acids is 1. The van der Waals surface area contributed by atoms with E-state index in [-0.39, 0.29) is 5.92 Å². The van der Waals surface area contributed by atoms with Crippen LogP contribution in [0.15, 0.2) is 36.4 Å². The molecule has 1 aliphatic rings. The lowest BCUT2D eigenvalue weighted by Crippen LogP contribution is -2.04. The van der Waals surface area contributed by atoms with Gasteiger partial charge < -0.3 is 4.79 Å². The summed E-state index contributed by atoms with van der Waals surface area (Å²) in [5, 5.41) is 2.55. The van der Waals surface area contributed by atoms with Crippen LogP contribution in [0.2, 0.25) is 0 Å². The molecule has 0 aliphatic heterocycles. The van der Waals surface area contributed by atoms with Crippen LogP contribution < -0.4 is 0 Å². The highest BCUT2D eigenvalue weighted by atomic mass is 16.1. The third-order valence-corrected chi connectivity index (χ3v) is 4.69. The normalized spacial score (nSPS) is 18.1. The summed E-state index contributed by atoms with van der Waals surface area (Å²) in [6.07, 6.45) is 7.84. The molecule has 0 radical (unpaired) electrons. The quantitative estimate of drug-likeness (QED) is 0.699. The first kappa shape index (κ1) is 13.4. The second kappa shape index (κ2) is 5.78. The summed E-state index contributed by atoms with van der Waals surface area (Å²) in [6.45, 7) is 1.95. The Bertz CT molecular complexity index is 608. The lowest BCUT2D eigenvalue weighted by Gasteiger charge is -2.22. The monoisotopic (exact) mass is 266 g/mol. The molecule has 0 aromatic heterocycles. The molecule has 2 aromatic carbocycles. The highest BCUT2D eigenvalue weighted by Gasteiger charge is 2.15. The molecule has 1 saturated carbocycles. The van der Waals surface area contributed by atoms with Crippen molar-refractivity contribution in [2.75, 3.05) is 0 Å². The molecule has 104 valence electrons. The van der Waals surface area contributed by atoms with Crippen LogP contribution >= 0.6 is 0 Å². The second-order valence-corrected chi connectivity index (χ2v) is 6.13. The number of hydrogen-bond acceptors (Lipinski definition) is 1. The molecule has 0 N–H and O–H groups in total. The number of benzene rings is 2. The van der Waals surface area contributed by atoms with Gasteiger partial charge in [0, 0.05) is 5.92 Å². The maximum atomic E-state index is 10.9. The third-order valence-electron chi connectivity index (χ3n) is 4.69. The van der Waals surface area contributed by atoms with E-state index in [1.165, 1.54) is 48.4 Å². The van der Waals surface area contributed by atoms with E-state index in [1.54, 1.807) is 0 Å². The van der Waals surface area contributed by atoms with E-state index >= 15 is 0 Å². The van der Waals surface area contributed by atoms with E-state index in [1.807, 2.05) is 6.92 Å². The van der Waals surface area contributed by atoms with Crippen LogP contribution in [0.4, 0.5) is 0 Å².